The summed E-state index contributed by atoms with van der Waals surface area (Å²) in [5.74, 6) is -0.372. The average Bonchev–Trinajstić information content (AvgIpc) is 2.86. The number of aliphatic carboxylic acids is 1. The van der Waals surface area contributed by atoms with Crippen LogP contribution < -0.4 is 4.74 Å². The van der Waals surface area contributed by atoms with E-state index < -0.39 is 11.9 Å². The smallest absolute Gasteiger partial charge is 0.308 e. The molecule has 120 valence electrons. The van der Waals surface area contributed by atoms with Gasteiger partial charge in [0.25, 0.3) is 5.91 Å². The Morgan fingerprint density at radius 3 is 2.73 bits per heavy atom. The van der Waals surface area contributed by atoms with E-state index in [1.165, 1.54) is 0 Å². The van der Waals surface area contributed by atoms with Gasteiger partial charge in [0, 0.05) is 18.2 Å². The molecule has 0 spiro atoms. The Balaban J connectivity index is 2.10. The van der Waals surface area contributed by atoms with Crippen LogP contribution in [0.2, 0.25) is 0 Å². The average molecular weight is 305 g/mol. The summed E-state index contributed by atoms with van der Waals surface area (Å²) in [7, 11) is 0. The maximum absolute atomic E-state index is 12.6. The summed E-state index contributed by atoms with van der Waals surface area (Å²) in [6.07, 6.45) is 0.506. The lowest BCUT2D eigenvalue weighted by atomic mass is 10.0. The number of ether oxygens (including phenoxy) is 1. The summed E-state index contributed by atoms with van der Waals surface area (Å²) in [5, 5.41) is 9.16. The van der Waals surface area contributed by atoms with E-state index >= 15 is 0 Å². The fourth-order valence-corrected chi connectivity index (χ4v) is 2.70. The van der Waals surface area contributed by atoms with Gasteiger partial charge >= 0.3 is 5.97 Å². The van der Waals surface area contributed by atoms with E-state index in [0.29, 0.717) is 36.8 Å². The molecule has 2 unspecified atom stereocenters. The topological polar surface area (TPSA) is 66.8 Å². The molecule has 5 nitrogen and oxygen atoms in total. The predicted molar refractivity (Wildman–Crippen MR) is 83.0 cm³/mol. The first-order valence-corrected chi connectivity index (χ1v) is 7.66. The molecule has 1 heterocycles. The molecule has 1 aliphatic rings. The molecule has 0 saturated carbocycles. The Bertz CT molecular complexity index is 555. The van der Waals surface area contributed by atoms with Gasteiger partial charge in [0.15, 0.2) is 0 Å². The van der Waals surface area contributed by atoms with Crippen LogP contribution in [0, 0.1) is 11.8 Å². The largest absolute Gasteiger partial charge is 0.493 e. The number of carbonyl (C=O) groups excluding carboxylic acids is 1. The number of nitrogens with zero attached hydrogens (tertiary/aromatic N) is 1. The maximum Gasteiger partial charge on any atom is 0.308 e. The van der Waals surface area contributed by atoms with Crippen LogP contribution in [0.15, 0.2) is 24.3 Å². The molecule has 0 aromatic heterocycles. The number of rotatable bonds is 5. The number of amides is 1. The standard InChI is InChI=1S/C17H23NO4/c1-11(2)10-22-14-6-4-5-13(9-14)16(19)18-8-7-15(12(18)3)17(20)21/h4-6,9,11-12,15H,7-8,10H2,1-3H3,(H,20,21). The van der Waals surface area contributed by atoms with Gasteiger partial charge in [-0.1, -0.05) is 19.9 Å². The highest BCUT2D eigenvalue weighted by Gasteiger charge is 2.38. The zero-order valence-corrected chi connectivity index (χ0v) is 13.3. The van der Waals surface area contributed by atoms with Crippen LogP contribution >= 0.6 is 0 Å². The molecule has 0 radical (unpaired) electrons. The van der Waals surface area contributed by atoms with Gasteiger partial charge < -0.3 is 14.7 Å². The van der Waals surface area contributed by atoms with Gasteiger partial charge in [0.05, 0.1) is 12.5 Å². The molecule has 22 heavy (non-hydrogen) atoms. The summed E-state index contributed by atoms with van der Waals surface area (Å²) >= 11 is 0. The normalized spacial score (nSPS) is 21.2. The summed E-state index contributed by atoms with van der Waals surface area (Å²) in [5.41, 5.74) is 0.541. The summed E-state index contributed by atoms with van der Waals surface area (Å²) < 4.78 is 5.64. The lowest BCUT2D eigenvalue weighted by Crippen LogP contribution is -2.37. The number of carboxylic acids is 1. The molecule has 1 N–H and O–H groups in total. The van der Waals surface area contributed by atoms with Gasteiger partial charge in [-0.3, -0.25) is 9.59 Å². The predicted octanol–water partition coefficient (Wildman–Crippen LogP) is 2.66. The molecule has 5 heteroatoms. The van der Waals surface area contributed by atoms with Crippen LogP contribution in [-0.4, -0.2) is 41.1 Å². The third-order valence-corrected chi connectivity index (χ3v) is 4.00. The molecule has 2 atom stereocenters. The second-order valence-corrected chi connectivity index (χ2v) is 6.21. The minimum atomic E-state index is -0.836. The van der Waals surface area contributed by atoms with Gasteiger partial charge in [-0.15, -0.1) is 0 Å². The fourth-order valence-electron chi connectivity index (χ4n) is 2.70. The number of benzene rings is 1. The van der Waals surface area contributed by atoms with Gasteiger partial charge in [-0.2, -0.15) is 0 Å². The SMILES string of the molecule is CC(C)COc1cccc(C(=O)N2CCC(C(=O)O)C2C)c1. The number of carboxylic acid groups (broad SMARTS) is 1. The third kappa shape index (κ3) is 3.59. The lowest BCUT2D eigenvalue weighted by molar-refractivity contribution is -0.142. The first-order valence-electron chi connectivity index (χ1n) is 7.66. The first kappa shape index (κ1) is 16.3. The molecule has 2 rings (SSSR count). The van der Waals surface area contributed by atoms with Crippen molar-refractivity contribution in [1.82, 2.24) is 4.90 Å². The van der Waals surface area contributed by atoms with Crippen molar-refractivity contribution in [2.24, 2.45) is 11.8 Å². The molecule has 0 bridgehead atoms. The second kappa shape index (κ2) is 6.81. The van der Waals surface area contributed by atoms with Gasteiger partial charge in [0.1, 0.15) is 5.75 Å². The van der Waals surface area contributed by atoms with Crippen molar-refractivity contribution in [3.05, 3.63) is 29.8 Å². The Labute approximate surface area is 130 Å². The van der Waals surface area contributed by atoms with Crippen LogP contribution in [0.5, 0.6) is 5.75 Å². The monoisotopic (exact) mass is 305 g/mol. The van der Waals surface area contributed by atoms with Gasteiger partial charge in [-0.25, -0.2) is 0 Å². The van der Waals surface area contributed by atoms with Gasteiger partial charge in [-0.05, 0) is 37.5 Å². The molecule has 1 aromatic rings. The maximum atomic E-state index is 12.6. The van der Waals surface area contributed by atoms with Crippen molar-refractivity contribution < 1.29 is 19.4 Å². The van der Waals surface area contributed by atoms with E-state index in [1.54, 1.807) is 30.0 Å². The number of hydrogen-bond donors (Lipinski definition) is 1. The fraction of sp³-hybridized carbons (Fsp3) is 0.529. The quantitative estimate of drug-likeness (QED) is 0.908. The summed E-state index contributed by atoms with van der Waals surface area (Å²) in [4.78, 5) is 25.4. The molecular formula is C17H23NO4. The molecule has 1 amide bonds. The Morgan fingerprint density at radius 1 is 1.41 bits per heavy atom. The van der Waals surface area contributed by atoms with Crippen molar-refractivity contribution in [2.45, 2.75) is 33.2 Å². The molecule has 1 saturated heterocycles. The zero-order chi connectivity index (χ0) is 16.3. The van der Waals surface area contributed by atoms with E-state index in [-0.39, 0.29) is 11.9 Å². The van der Waals surface area contributed by atoms with E-state index in [4.69, 9.17) is 9.84 Å². The summed E-state index contributed by atoms with van der Waals surface area (Å²) in [6, 6.07) is 6.80. The molecule has 1 aromatic carbocycles. The number of likely N-dealkylation sites (tertiary alicyclic amines) is 1. The zero-order valence-electron chi connectivity index (χ0n) is 13.3. The van der Waals surface area contributed by atoms with Gasteiger partial charge in [0.2, 0.25) is 0 Å². The lowest BCUT2D eigenvalue weighted by Gasteiger charge is -2.23. The summed E-state index contributed by atoms with van der Waals surface area (Å²) in [6.45, 7) is 7.00. The van der Waals surface area contributed by atoms with Crippen LogP contribution in [0.3, 0.4) is 0 Å². The van der Waals surface area contributed by atoms with E-state index in [9.17, 15) is 9.59 Å². The highest BCUT2D eigenvalue weighted by Crippen LogP contribution is 2.27. The molecule has 1 fully saturated rings. The first-order chi connectivity index (χ1) is 10.4. The van der Waals surface area contributed by atoms with E-state index in [0.717, 1.165) is 0 Å². The van der Waals surface area contributed by atoms with Crippen LogP contribution in [0.25, 0.3) is 0 Å². The van der Waals surface area contributed by atoms with Crippen molar-refractivity contribution >= 4 is 11.9 Å². The Kier molecular flexibility index (Phi) is 5.06. The third-order valence-electron chi connectivity index (χ3n) is 4.00. The van der Waals surface area contributed by atoms with E-state index in [1.807, 2.05) is 6.07 Å². The Hall–Kier alpha value is -2.04. The second-order valence-electron chi connectivity index (χ2n) is 6.21. The van der Waals surface area contributed by atoms with Crippen molar-refractivity contribution in [1.29, 1.82) is 0 Å². The van der Waals surface area contributed by atoms with Crippen molar-refractivity contribution in [3.8, 4) is 5.75 Å². The van der Waals surface area contributed by atoms with Crippen LogP contribution in [0.1, 0.15) is 37.6 Å². The van der Waals surface area contributed by atoms with Crippen molar-refractivity contribution in [2.75, 3.05) is 13.2 Å². The highest BCUT2D eigenvalue weighted by molar-refractivity contribution is 5.95. The minimum Gasteiger partial charge on any atom is -0.493 e. The number of carbonyl (C=O) groups is 2. The van der Waals surface area contributed by atoms with Crippen LogP contribution in [-0.2, 0) is 4.79 Å². The number of hydrogen-bond acceptors (Lipinski definition) is 3. The Morgan fingerprint density at radius 2 is 2.14 bits per heavy atom. The molecule has 0 aliphatic carbocycles. The molecule has 1 aliphatic heterocycles. The van der Waals surface area contributed by atoms with E-state index in [2.05, 4.69) is 13.8 Å². The minimum absolute atomic E-state index is 0.133. The van der Waals surface area contributed by atoms with Crippen LogP contribution in [0.4, 0.5) is 0 Å². The van der Waals surface area contributed by atoms with Crippen molar-refractivity contribution in [3.63, 3.8) is 0 Å². The highest BCUT2D eigenvalue weighted by atomic mass is 16.5. The molecular weight excluding hydrogens is 282 g/mol.